The number of ether oxygens (including phenoxy) is 2. The van der Waals surface area contributed by atoms with Crippen molar-refractivity contribution in [3.8, 4) is 11.5 Å². The quantitative estimate of drug-likeness (QED) is 0.596. The van der Waals surface area contributed by atoms with Gasteiger partial charge in [-0.1, -0.05) is 0 Å². The normalized spacial score (nSPS) is 11.1. The Labute approximate surface area is 181 Å². The molecule has 2 rings (SSSR count). The highest BCUT2D eigenvalue weighted by Gasteiger charge is 2.16. The lowest BCUT2D eigenvalue weighted by Gasteiger charge is -2.30. The molecule has 1 aromatic heterocycles. The number of carbonyl (C=O) groups excluding carboxylic acids is 2. The van der Waals surface area contributed by atoms with Crippen molar-refractivity contribution in [2.24, 2.45) is 0 Å². The molecule has 1 aromatic carbocycles. The minimum atomic E-state index is -0.346. The maximum absolute atomic E-state index is 12.5. The van der Waals surface area contributed by atoms with Crippen LogP contribution in [0, 0.1) is 0 Å². The van der Waals surface area contributed by atoms with Gasteiger partial charge in [-0.15, -0.1) is 11.3 Å². The maximum Gasteiger partial charge on any atom is 0.270 e. The van der Waals surface area contributed by atoms with Crippen molar-refractivity contribution < 1.29 is 19.1 Å². The van der Waals surface area contributed by atoms with Gasteiger partial charge in [0.15, 0.2) is 16.6 Å². The summed E-state index contributed by atoms with van der Waals surface area (Å²) >= 11 is 1.20. The summed E-state index contributed by atoms with van der Waals surface area (Å²) in [5.74, 6) is 0.393. The van der Waals surface area contributed by atoms with Gasteiger partial charge >= 0.3 is 0 Å². The monoisotopic (exact) mass is 434 g/mol. The number of thiazole rings is 1. The molecule has 0 aliphatic rings. The van der Waals surface area contributed by atoms with Crippen LogP contribution in [0.1, 0.15) is 48.5 Å². The average molecular weight is 435 g/mol. The first-order valence-corrected chi connectivity index (χ1v) is 10.7. The van der Waals surface area contributed by atoms with Crippen molar-refractivity contribution in [3.63, 3.8) is 0 Å². The number of nitrogens with one attached hydrogen (secondary N) is 2. The summed E-state index contributed by atoms with van der Waals surface area (Å²) < 4.78 is 10.4. The van der Waals surface area contributed by atoms with Crippen molar-refractivity contribution in [3.05, 3.63) is 34.8 Å². The molecular formula is C21H30N4O4S. The molecule has 0 bridgehead atoms. The van der Waals surface area contributed by atoms with Crippen molar-refractivity contribution in [1.29, 1.82) is 0 Å². The molecule has 30 heavy (non-hydrogen) atoms. The third-order valence-electron chi connectivity index (χ3n) is 4.59. The zero-order valence-electron chi connectivity index (χ0n) is 18.3. The highest BCUT2D eigenvalue weighted by molar-refractivity contribution is 7.14. The van der Waals surface area contributed by atoms with Gasteiger partial charge in [-0.3, -0.25) is 19.8 Å². The Morgan fingerprint density at radius 3 is 2.33 bits per heavy atom. The van der Waals surface area contributed by atoms with E-state index in [0.29, 0.717) is 40.8 Å². The number of hydrogen-bond donors (Lipinski definition) is 2. The Morgan fingerprint density at radius 1 is 1.07 bits per heavy atom. The number of benzene rings is 1. The molecule has 0 radical (unpaired) electrons. The van der Waals surface area contributed by atoms with E-state index in [4.69, 9.17) is 9.47 Å². The van der Waals surface area contributed by atoms with E-state index < -0.39 is 0 Å². The molecule has 0 unspecified atom stereocenters. The van der Waals surface area contributed by atoms with Crippen molar-refractivity contribution in [1.82, 2.24) is 15.2 Å². The number of rotatable bonds is 10. The van der Waals surface area contributed by atoms with Crippen molar-refractivity contribution in [2.75, 3.05) is 32.6 Å². The number of methoxy groups -OCH3 is 2. The van der Waals surface area contributed by atoms with Gasteiger partial charge in [-0.05, 0) is 45.9 Å². The Hall–Kier alpha value is -2.65. The lowest BCUT2D eigenvalue weighted by Crippen LogP contribution is -2.42. The lowest BCUT2D eigenvalue weighted by atomic mass is 10.2. The fourth-order valence-electron chi connectivity index (χ4n) is 3.08. The predicted octanol–water partition coefficient (Wildman–Crippen LogP) is 3.26. The van der Waals surface area contributed by atoms with Gasteiger partial charge in [0.25, 0.3) is 11.8 Å². The molecule has 0 spiro atoms. The lowest BCUT2D eigenvalue weighted by molar-refractivity contribution is 0.0934. The van der Waals surface area contributed by atoms with Crippen LogP contribution in [0.2, 0.25) is 0 Å². The van der Waals surface area contributed by atoms with Crippen LogP contribution >= 0.6 is 11.3 Å². The fourth-order valence-corrected chi connectivity index (χ4v) is 3.77. The summed E-state index contributed by atoms with van der Waals surface area (Å²) in [6.07, 6.45) is 0. The minimum absolute atomic E-state index is 0.259. The van der Waals surface area contributed by atoms with Crippen LogP contribution < -0.4 is 20.1 Å². The first kappa shape index (κ1) is 23.6. The Balaban J connectivity index is 1.94. The summed E-state index contributed by atoms with van der Waals surface area (Å²) in [5, 5.41) is 7.58. The molecule has 1 heterocycles. The highest BCUT2D eigenvalue weighted by Crippen LogP contribution is 2.28. The summed E-state index contributed by atoms with van der Waals surface area (Å²) in [6, 6.07) is 5.68. The Kier molecular flexibility index (Phi) is 8.61. The number of anilines is 1. The van der Waals surface area contributed by atoms with Gasteiger partial charge in [0.2, 0.25) is 0 Å². The van der Waals surface area contributed by atoms with E-state index in [1.807, 2.05) is 0 Å². The molecule has 0 atom stereocenters. The standard InChI is InChI=1S/C21H30N4O4S/c1-13(2)25(14(3)4)10-9-22-20(27)16-12-30-21(23-16)24-19(26)15-7-8-17(28-5)18(11-15)29-6/h7-8,11-14H,9-10H2,1-6H3,(H,22,27)(H,23,24,26). The third-order valence-corrected chi connectivity index (χ3v) is 5.34. The first-order valence-electron chi connectivity index (χ1n) is 9.79. The van der Waals surface area contributed by atoms with E-state index in [0.717, 1.165) is 6.54 Å². The average Bonchev–Trinajstić information content (AvgIpc) is 3.18. The smallest absolute Gasteiger partial charge is 0.270 e. The largest absolute Gasteiger partial charge is 0.493 e. The maximum atomic E-state index is 12.5. The second-order valence-electron chi connectivity index (χ2n) is 7.24. The van der Waals surface area contributed by atoms with Crippen LogP contribution in [-0.4, -0.2) is 61.1 Å². The molecule has 0 saturated heterocycles. The van der Waals surface area contributed by atoms with Crippen LogP contribution in [0.15, 0.2) is 23.6 Å². The van der Waals surface area contributed by atoms with E-state index in [2.05, 4.69) is 48.2 Å². The van der Waals surface area contributed by atoms with Crippen molar-refractivity contribution in [2.45, 2.75) is 39.8 Å². The minimum Gasteiger partial charge on any atom is -0.493 e. The topological polar surface area (TPSA) is 92.8 Å². The molecule has 0 aliphatic carbocycles. The Morgan fingerprint density at radius 2 is 1.73 bits per heavy atom. The van der Waals surface area contributed by atoms with Crippen molar-refractivity contribution >= 4 is 28.3 Å². The van der Waals surface area contributed by atoms with E-state index in [1.165, 1.54) is 25.6 Å². The predicted molar refractivity (Wildman–Crippen MR) is 119 cm³/mol. The van der Waals surface area contributed by atoms with E-state index >= 15 is 0 Å². The van der Waals surface area contributed by atoms with Gasteiger partial charge in [0, 0.05) is 36.1 Å². The second kappa shape index (κ2) is 10.9. The van der Waals surface area contributed by atoms with Gasteiger partial charge in [-0.2, -0.15) is 0 Å². The van der Waals surface area contributed by atoms with Crippen LogP contribution in [-0.2, 0) is 0 Å². The molecule has 2 amide bonds. The molecule has 2 N–H and O–H groups in total. The fraction of sp³-hybridized carbons (Fsp3) is 0.476. The summed E-state index contributed by atoms with van der Waals surface area (Å²) in [7, 11) is 3.04. The Bertz CT molecular complexity index is 858. The first-order chi connectivity index (χ1) is 14.3. The zero-order chi connectivity index (χ0) is 22.3. The molecule has 0 saturated carbocycles. The van der Waals surface area contributed by atoms with E-state index in [9.17, 15) is 9.59 Å². The van der Waals surface area contributed by atoms with E-state index in [-0.39, 0.29) is 17.5 Å². The van der Waals surface area contributed by atoms with Gasteiger partial charge in [-0.25, -0.2) is 4.98 Å². The molecular weight excluding hydrogens is 404 g/mol. The SMILES string of the molecule is COc1ccc(C(=O)Nc2nc(C(=O)NCCN(C(C)C)C(C)C)cs2)cc1OC. The zero-order valence-corrected chi connectivity index (χ0v) is 19.1. The van der Waals surface area contributed by atoms with Gasteiger partial charge in [0.05, 0.1) is 14.2 Å². The van der Waals surface area contributed by atoms with Gasteiger partial charge in [0.1, 0.15) is 5.69 Å². The summed E-state index contributed by atoms with van der Waals surface area (Å²) in [6.45, 7) is 9.82. The molecule has 2 aromatic rings. The highest BCUT2D eigenvalue weighted by atomic mass is 32.1. The molecule has 9 heteroatoms. The third kappa shape index (κ3) is 6.17. The van der Waals surface area contributed by atoms with Crippen LogP contribution in [0.4, 0.5) is 5.13 Å². The second-order valence-corrected chi connectivity index (χ2v) is 8.10. The molecule has 164 valence electrons. The van der Waals surface area contributed by atoms with E-state index in [1.54, 1.807) is 23.6 Å². The van der Waals surface area contributed by atoms with Gasteiger partial charge < -0.3 is 14.8 Å². The number of amides is 2. The number of nitrogens with zero attached hydrogens (tertiary/aromatic N) is 2. The number of aromatic nitrogens is 1. The van der Waals surface area contributed by atoms with Crippen LogP contribution in [0.5, 0.6) is 11.5 Å². The molecule has 0 fully saturated rings. The summed E-state index contributed by atoms with van der Waals surface area (Å²) in [4.78, 5) is 31.4. The summed E-state index contributed by atoms with van der Waals surface area (Å²) in [5.41, 5.74) is 0.680. The number of hydrogen-bond acceptors (Lipinski definition) is 7. The van der Waals surface area contributed by atoms with Crippen LogP contribution in [0.25, 0.3) is 0 Å². The molecule has 8 nitrogen and oxygen atoms in total. The van der Waals surface area contributed by atoms with Crippen LogP contribution in [0.3, 0.4) is 0 Å². The number of carbonyl (C=O) groups is 2. The molecule has 0 aliphatic heterocycles.